The summed E-state index contributed by atoms with van der Waals surface area (Å²) in [5.41, 5.74) is 6.30. The summed E-state index contributed by atoms with van der Waals surface area (Å²) in [6, 6.07) is 7.48. The van der Waals surface area contributed by atoms with E-state index in [4.69, 9.17) is 10.5 Å². The van der Waals surface area contributed by atoms with Crippen LogP contribution in [-0.4, -0.2) is 37.0 Å². The number of nitrogens with zero attached hydrogens (tertiary/aromatic N) is 1. The van der Waals surface area contributed by atoms with Gasteiger partial charge in [-0.05, 0) is 49.9 Å². The van der Waals surface area contributed by atoms with Crippen LogP contribution in [0.5, 0.6) is 5.75 Å². The Balaban J connectivity index is 1.98. The van der Waals surface area contributed by atoms with Gasteiger partial charge in [-0.1, -0.05) is 13.0 Å². The minimum Gasteiger partial charge on any atom is -0.494 e. The van der Waals surface area contributed by atoms with Crippen LogP contribution in [0, 0.1) is 5.92 Å². The Bertz CT molecular complexity index is 448. The number of carbonyl (C=O) groups excluding carboxylic acids is 1. The molecular weight excluding hydrogens is 252 g/mol. The normalized spacial score (nSPS) is 18.3. The third-order valence-corrected chi connectivity index (χ3v) is 3.70. The first-order valence-electron chi connectivity index (χ1n) is 7.46. The fourth-order valence-electron chi connectivity index (χ4n) is 2.61. The number of benzene rings is 1. The van der Waals surface area contributed by atoms with E-state index in [1.54, 1.807) is 0 Å². The maximum atomic E-state index is 12.5. The Labute approximate surface area is 120 Å². The second kappa shape index (κ2) is 7.29. The highest BCUT2D eigenvalue weighted by molar-refractivity contribution is 5.94. The van der Waals surface area contributed by atoms with E-state index in [1.165, 1.54) is 0 Å². The highest BCUT2D eigenvalue weighted by atomic mass is 16.5. The molecule has 1 unspecified atom stereocenters. The molecule has 4 heteroatoms. The van der Waals surface area contributed by atoms with E-state index in [-0.39, 0.29) is 5.91 Å². The minimum absolute atomic E-state index is 0.103. The SMILES string of the molecule is CCCOc1cccc(C(=O)N2CCC(CCN)C2)c1. The molecule has 0 spiro atoms. The van der Waals surface area contributed by atoms with Crippen molar-refractivity contribution in [3.05, 3.63) is 29.8 Å². The summed E-state index contributed by atoms with van der Waals surface area (Å²) in [5.74, 6) is 1.44. The van der Waals surface area contributed by atoms with E-state index < -0.39 is 0 Å². The van der Waals surface area contributed by atoms with E-state index in [0.717, 1.165) is 38.1 Å². The van der Waals surface area contributed by atoms with Crippen molar-refractivity contribution in [2.24, 2.45) is 11.7 Å². The van der Waals surface area contributed by atoms with Crippen molar-refractivity contribution in [1.29, 1.82) is 0 Å². The zero-order valence-electron chi connectivity index (χ0n) is 12.2. The molecule has 0 radical (unpaired) electrons. The van der Waals surface area contributed by atoms with Crippen LogP contribution in [0.2, 0.25) is 0 Å². The van der Waals surface area contributed by atoms with Crippen molar-refractivity contribution in [3.63, 3.8) is 0 Å². The fraction of sp³-hybridized carbons (Fsp3) is 0.562. The molecule has 1 aromatic carbocycles. The number of likely N-dealkylation sites (tertiary alicyclic amines) is 1. The average molecular weight is 276 g/mol. The molecular formula is C16H24N2O2. The number of rotatable bonds is 6. The van der Waals surface area contributed by atoms with Crippen LogP contribution >= 0.6 is 0 Å². The predicted octanol–water partition coefficient (Wildman–Crippen LogP) is 2.29. The lowest BCUT2D eigenvalue weighted by Gasteiger charge is -2.17. The number of amides is 1. The van der Waals surface area contributed by atoms with Crippen molar-refractivity contribution in [2.75, 3.05) is 26.2 Å². The molecule has 1 heterocycles. The van der Waals surface area contributed by atoms with Gasteiger partial charge in [-0.25, -0.2) is 0 Å². The Morgan fingerprint density at radius 3 is 3.10 bits per heavy atom. The fourth-order valence-corrected chi connectivity index (χ4v) is 2.61. The Morgan fingerprint density at radius 2 is 2.35 bits per heavy atom. The largest absolute Gasteiger partial charge is 0.494 e. The monoisotopic (exact) mass is 276 g/mol. The van der Waals surface area contributed by atoms with E-state index in [0.29, 0.717) is 24.6 Å². The summed E-state index contributed by atoms with van der Waals surface area (Å²) in [4.78, 5) is 14.4. The molecule has 2 rings (SSSR count). The molecule has 1 saturated heterocycles. The molecule has 2 N–H and O–H groups in total. The summed E-state index contributed by atoms with van der Waals surface area (Å²) in [7, 11) is 0. The first kappa shape index (κ1) is 14.9. The average Bonchev–Trinajstić information content (AvgIpc) is 2.93. The van der Waals surface area contributed by atoms with Crippen molar-refractivity contribution < 1.29 is 9.53 Å². The van der Waals surface area contributed by atoms with Crippen LogP contribution < -0.4 is 10.5 Å². The van der Waals surface area contributed by atoms with E-state index in [1.807, 2.05) is 29.2 Å². The maximum absolute atomic E-state index is 12.5. The number of ether oxygens (including phenoxy) is 1. The van der Waals surface area contributed by atoms with Crippen LogP contribution in [0.3, 0.4) is 0 Å². The van der Waals surface area contributed by atoms with Gasteiger partial charge in [0, 0.05) is 18.7 Å². The zero-order chi connectivity index (χ0) is 14.4. The quantitative estimate of drug-likeness (QED) is 0.867. The van der Waals surface area contributed by atoms with Crippen LogP contribution in [0.4, 0.5) is 0 Å². The highest BCUT2D eigenvalue weighted by Gasteiger charge is 2.26. The predicted molar refractivity (Wildman–Crippen MR) is 79.9 cm³/mol. The Hall–Kier alpha value is -1.55. The molecule has 1 aromatic rings. The number of hydrogen-bond acceptors (Lipinski definition) is 3. The van der Waals surface area contributed by atoms with Crippen molar-refractivity contribution in [1.82, 2.24) is 4.90 Å². The van der Waals surface area contributed by atoms with E-state index in [2.05, 4.69) is 6.92 Å². The lowest BCUT2D eigenvalue weighted by molar-refractivity contribution is 0.0786. The second-order valence-corrected chi connectivity index (χ2v) is 5.36. The van der Waals surface area contributed by atoms with Gasteiger partial charge in [0.15, 0.2) is 0 Å². The third-order valence-electron chi connectivity index (χ3n) is 3.70. The van der Waals surface area contributed by atoms with Crippen molar-refractivity contribution in [2.45, 2.75) is 26.2 Å². The van der Waals surface area contributed by atoms with E-state index in [9.17, 15) is 4.79 Å². The molecule has 20 heavy (non-hydrogen) atoms. The molecule has 110 valence electrons. The minimum atomic E-state index is 0.103. The number of hydrogen-bond donors (Lipinski definition) is 1. The molecule has 4 nitrogen and oxygen atoms in total. The van der Waals surface area contributed by atoms with Gasteiger partial charge >= 0.3 is 0 Å². The maximum Gasteiger partial charge on any atom is 0.253 e. The molecule has 0 bridgehead atoms. The number of carbonyl (C=O) groups is 1. The molecule has 1 atom stereocenters. The van der Waals surface area contributed by atoms with Crippen LogP contribution in [-0.2, 0) is 0 Å². The van der Waals surface area contributed by atoms with Gasteiger partial charge in [0.2, 0.25) is 0 Å². The van der Waals surface area contributed by atoms with Gasteiger partial charge in [0.25, 0.3) is 5.91 Å². The molecule has 0 saturated carbocycles. The molecule has 1 amide bonds. The molecule has 0 aliphatic carbocycles. The molecule has 1 aliphatic heterocycles. The summed E-state index contributed by atoms with van der Waals surface area (Å²) in [6.07, 6.45) is 3.03. The lowest BCUT2D eigenvalue weighted by atomic mass is 10.1. The third kappa shape index (κ3) is 3.73. The molecule has 0 aromatic heterocycles. The smallest absolute Gasteiger partial charge is 0.253 e. The number of nitrogens with two attached hydrogens (primary N) is 1. The Morgan fingerprint density at radius 1 is 1.50 bits per heavy atom. The van der Waals surface area contributed by atoms with Crippen molar-refractivity contribution in [3.8, 4) is 5.75 Å². The van der Waals surface area contributed by atoms with Gasteiger partial charge in [-0.15, -0.1) is 0 Å². The van der Waals surface area contributed by atoms with Crippen LogP contribution in [0.25, 0.3) is 0 Å². The standard InChI is InChI=1S/C16H24N2O2/c1-2-10-20-15-5-3-4-14(11-15)16(19)18-9-7-13(12-18)6-8-17/h3-5,11,13H,2,6-10,12,17H2,1H3. The summed E-state index contributed by atoms with van der Waals surface area (Å²) in [6.45, 7) is 5.11. The van der Waals surface area contributed by atoms with Gasteiger partial charge in [0.05, 0.1) is 6.61 Å². The van der Waals surface area contributed by atoms with Crippen LogP contribution in [0.1, 0.15) is 36.5 Å². The summed E-state index contributed by atoms with van der Waals surface area (Å²) < 4.78 is 5.58. The van der Waals surface area contributed by atoms with Gasteiger partial charge in [-0.3, -0.25) is 4.79 Å². The zero-order valence-corrected chi connectivity index (χ0v) is 12.2. The van der Waals surface area contributed by atoms with Gasteiger partial charge < -0.3 is 15.4 Å². The van der Waals surface area contributed by atoms with E-state index >= 15 is 0 Å². The van der Waals surface area contributed by atoms with Gasteiger partial charge in [-0.2, -0.15) is 0 Å². The van der Waals surface area contributed by atoms with Crippen LogP contribution in [0.15, 0.2) is 24.3 Å². The lowest BCUT2D eigenvalue weighted by Crippen LogP contribution is -2.29. The topological polar surface area (TPSA) is 55.6 Å². The first-order valence-corrected chi connectivity index (χ1v) is 7.46. The molecule has 1 aliphatic rings. The molecule has 1 fully saturated rings. The first-order chi connectivity index (χ1) is 9.74. The summed E-state index contributed by atoms with van der Waals surface area (Å²) in [5, 5.41) is 0. The summed E-state index contributed by atoms with van der Waals surface area (Å²) >= 11 is 0. The second-order valence-electron chi connectivity index (χ2n) is 5.36. The Kier molecular flexibility index (Phi) is 5.41. The highest BCUT2D eigenvalue weighted by Crippen LogP contribution is 2.22. The van der Waals surface area contributed by atoms with Crippen molar-refractivity contribution >= 4 is 5.91 Å². The van der Waals surface area contributed by atoms with Gasteiger partial charge in [0.1, 0.15) is 5.75 Å².